The third-order valence-electron chi connectivity index (χ3n) is 3.59. The summed E-state index contributed by atoms with van der Waals surface area (Å²) in [5.74, 6) is -0.0716. The maximum atomic E-state index is 12.8. The van der Waals surface area contributed by atoms with Gasteiger partial charge in [-0.25, -0.2) is 4.98 Å². The lowest BCUT2D eigenvalue weighted by molar-refractivity contribution is -0.137. The molecular weight excluding hydrogens is 367 g/mol. The van der Waals surface area contributed by atoms with Crippen molar-refractivity contribution in [1.82, 2.24) is 4.98 Å². The van der Waals surface area contributed by atoms with Crippen molar-refractivity contribution in [3.05, 3.63) is 52.8 Å². The number of nitrogens with zero attached hydrogens (tertiary/aromatic N) is 1. The average molecular weight is 386 g/mol. The molecule has 140 valence electrons. The fraction of sp³-hybridized carbons (Fsp3) is 0.333. The van der Waals surface area contributed by atoms with Crippen LogP contribution in [0.4, 0.5) is 24.5 Å². The van der Waals surface area contributed by atoms with Crippen LogP contribution in [0.2, 0.25) is 5.02 Å². The SMILES string of the molecule is CC(C)CCNc1ccc(C(=O)Nc2cc(C(F)(F)F)ccc2Cl)nc1. The minimum atomic E-state index is -4.52. The highest BCUT2D eigenvalue weighted by molar-refractivity contribution is 6.33. The molecule has 0 saturated carbocycles. The van der Waals surface area contributed by atoms with Crippen molar-refractivity contribution in [2.45, 2.75) is 26.4 Å². The van der Waals surface area contributed by atoms with Gasteiger partial charge in [-0.1, -0.05) is 25.4 Å². The van der Waals surface area contributed by atoms with Crippen molar-refractivity contribution < 1.29 is 18.0 Å². The van der Waals surface area contributed by atoms with Gasteiger partial charge >= 0.3 is 6.18 Å². The largest absolute Gasteiger partial charge is 0.416 e. The van der Waals surface area contributed by atoms with Crippen LogP contribution in [-0.4, -0.2) is 17.4 Å². The molecule has 26 heavy (non-hydrogen) atoms. The van der Waals surface area contributed by atoms with Crippen LogP contribution in [0, 0.1) is 5.92 Å². The summed E-state index contributed by atoms with van der Waals surface area (Å²) in [6, 6.07) is 5.93. The van der Waals surface area contributed by atoms with Crippen LogP contribution in [0.3, 0.4) is 0 Å². The van der Waals surface area contributed by atoms with Crippen LogP contribution in [0.5, 0.6) is 0 Å². The number of hydrogen-bond acceptors (Lipinski definition) is 3. The number of pyridine rings is 1. The topological polar surface area (TPSA) is 54.0 Å². The second-order valence-electron chi connectivity index (χ2n) is 6.19. The van der Waals surface area contributed by atoms with E-state index in [0.29, 0.717) is 5.92 Å². The maximum absolute atomic E-state index is 12.8. The van der Waals surface area contributed by atoms with Crippen molar-refractivity contribution >= 4 is 28.9 Å². The first-order valence-corrected chi connectivity index (χ1v) is 8.42. The molecule has 0 unspecified atom stereocenters. The molecule has 1 amide bonds. The number of alkyl halides is 3. The Morgan fingerprint density at radius 2 is 1.96 bits per heavy atom. The van der Waals surface area contributed by atoms with E-state index >= 15 is 0 Å². The Morgan fingerprint density at radius 3 is 2.54 bits per heavy atom. The Labute approximate surface area is 154 Å². The van der Waals surface area contributed by atoms with Gasteiger partial charge in [0.05, 0.1) is 28.2 Å². The van der Waals surface area contributed by atoms with Crippen molar-refractivity contribution in [3.63, 3.8) is 0 Å². The molecule has 1 aromatic carbocycles. The number of rotatable bonds is 6. The molecule has 1 heterocycles. The minimum absolute atomic E-state index is 0.0123. The Morgan fingerprint density at radius 1 is 1.23 bits per heavy atom. The van der Waals surface area contributed by atoms with Gasteiger partial charge in [0, 0.05) is 6.54 Å². The average Bonchev–Trinajstić information content (AvgIpc) is 2.56. The lowest BCUT2D eigenvalue weighted by Gasteiger charge is -2.12. The summed E-state index contributed by atoms with van der Waals surface area (Å²) >= 11 is 5.87. The molecule has 0 saturated heterocycles. The number of amides is 1. The van der Waals surface area contributed by atoms with Crippen molar-refractivity contribution in [3.8, 4) is 0 Å². The van der Waals surface area contributed by atoms with Crippen molar-refractivity contribution in [2.24, 2.45) is 5.92 Å². The second kappa shape index (κ2) is 8.40. The third-order valence-corrected chi connectivity index (χ3v) is 3.92. The summed E-state index contributed by atoms with van der Waals surface area (Å²) in [6.07, 6.45) is -2.02. The van der Waals surface area contributed by atoms with Crippen molar-refractivity contribution in [1.29, 1.82) is 0 Å². The minimum Gasteiger partial charge on any atom is -0.384 e. The molecule has 0 bridgehead atoms. The fourth-order valence-corrected chi connectivity index (χ4v) is 2.29. The monoisotopic (exact) mass is 385 g/mol. The van der Waals surface area contributed by atoms with Crippen LogP contribution in [0.1, 0.15) is 36.3 Å². The molecule has 0 fully saturated rings. The quantitative estimate of drug-likeness (QED) is 0.693. The van der Waals surface area contributed by atoms with E-state index in [-0.39, 0.29) is 16.4 Å². The highest BCUT2D eigenvalue weighted by Gasteiger charge is 2.31. The lowest BCUT2D eigenvalue weighted by atomic mass is 10.1. The van der Waals surface area contributed by atoms with E-state index in [9.17, 15) is 18.0 Å². The predicted octanol–water partition coefficient (Wildman–Crippen LogP) is 5.46. The smallest absolute Gasteiger partial charge is 0.384 e. The number of aromatic nitrogens is 1. The molecule has 0 radical (unpaired) electrons. The zero-order valence-corrected chi connectivity index (χ0v) is 15.1. The number of anilines is 2. The van der Waals surface area contributed by atoms with E-state index in [1.54, 1.807) is 6.07 Å². The number of nitrogens with one attached hydrogen (secondary N) is 2. The Balaban J connectivity index is 2.06. The first-order chi connectivity index (χ1) is 12.2. The normalized spacial score (nSPS) is 11.5. The summed E-state index contributed by atoms with van der Waals surface area (Å²) in [6.45, 7) is 5.02. The van der Waals surface area contributed by atoms with Gasteiger partial charge in [0.1, 0.15) is 5.69 Å². The molecule has 1 aromatic heterocycles. The molecule has 2 aromatic rings. The number of benzene rings is 1. The van der Waals surface area contributed by atoms with E-state index in [1.165, 1.54) is 12.3 Å². The van der Waals surface area contributed by atoms with E-state index in [1.807, 2.05) is 0 Å². The second-order valence-corrected chi connectivity index (χ2v) is 6.60. The Bertz CT molecular complexity index is 761. The molecule has 2 N–H and O–H groups in total. The number of hydrogen-bond donors (Lipinski definition) is 2. The van der Waals surface area contributed by atoms with Gasteiger partial charge < -0.3 is 10.6 Å². The van der Waals surface area contributed by atoms with Gasteiger partial charge in [-0.05, 0) is 42.7 Å². The zero-order chi connectivity index (χ0) is 19.3. The molecule has 2 rings (SSSR count). The molecule has 8 heteroatoms. The summed E-state index contributed by atoms with van der Waals surface area (Å²) in [5.41, 5.74) is -0.172. The molecule has 0 aliphatic rings. The van der Waals surface area contributed by atoms with Gasteiger partial charge in [-0.3, -0.25) is 4.79 Å². The van der Waals surface area contributed by atoms with Gasteiger partial charge in [0.2, 0.25) is 0 Å². The molecule has 0 aliphatic heterocycles. The summed E-state index contributed by atoms with van der Waals surface area (Å²) in [5, 5.41) is 5.56. The standard InChI is InChI=1S/C18H19ClF3N3O/c1-11(2)7-8-23-13-4-6-15(24-10-13)17(26)25-16-9-12(18(20,21)22)3-5-14(16)19/h3-6,9-11,23H,7-8H2,1-2H3,(H,25,26). The molecule has 4 nitrogen and oxygen atoms in total. The zero-order valence-electron chi connectivity index (χ0n) is 14.3. The number of carbonyl (C=O) groups excluding carboxylic acids is 1. The van der Waals surface area contributed by atoms with E-state index in [0.717, 1.165) is 36.9 Å². The molecule has 0 spiro atoms. The van der Waals surface area contributed by atoms with E-state index in [2.05, 4.69) is 29.5 Å². The fourth-order valence-electron chi connectivity index (χ4n) is 2.12. The first kappa shape index (κ1) is 20.0. The number of halogens is 4. The van der Waals surface area contributed by atoms with Crippen LogP contribution in [0.15, 0.2) is 36.5 Å². The summed E-state index contributed by atoms with van der Waals surface area (Å²) in [4.78, 5) is 16.2. The predicted molar refractivity (Wildman–Crippen MR) is 96.6 cm³/mol. The van der Waals surface area contributed by atoms with Gasteiger partial charge in [0.25, 0.3) is 5.91 Å². The summed E-state index contributed by atoms with van der Waals surface area (Å²) < 4.78 is 38.3. The van der Waals surface area contributed by atoms with Gasteiger partial charge in [-0.2, -0.15) is 13.2 Å². The van der Waals surface area contributed by atoms with Crippen LogP contribution < -0.4 is 10.6 Å². The number of carbonyl (C=O) groups is 1. The van der Waals surface area contributed by atoms with Crippen LogP contribution in [0.25, 0.3) is 0 Å². The van der Waals surface area contributed by atoms with Crippen LogP contribution >= 0.6 is 11.6 Å². The Hall–Kier alpha value is -2.28. The van der Waals surface area contributed by atoms with E-state index in [4.69, 9.17) is 11.6 Å². The van der Waals surface area contributed by atoms with Gasteiger partial charge in [0.15, 0.2) is 0 Å². The highest BCUT2D eigenvalue weighted by Crippen LogP contribution is 2.33. The third kappa shape index (κ3) is 5.62. The first-order valence-electron chi connectivity index (χ1n) is 8.05. The maximum Gasteiger partial charge on any atom is 0.416 e. The van der Waals surface area contributed by atoms with E-state index < -0.39 is 17.6 Å². The van der Waals surface area contributed by atoms with Gasteiger partial charge in [-0.15, -0.1) is 0 Å². The van der Waals surface area contributed by atoms with Crippen LogP contribution in [-0.2, 0) is 6.18 Å². The molecule has 0 atom stereocenters. The highest BCUT2D eigenvalue weighted by atomic mass is 35.5. The lowest BCUT2D eigenvalue weighted by Crippen LogP contribution is -2.15. The van der Waals surface area contributed by atoms with Crippen molar-refractivity contribution in [2.75, 3.05) is 17.2 Å². The molecule has 0 aliphatic carbocycles. The summed E-state index contributed by atoms with van der Waals surface area (Å²) in [7, 11) is 0. The Kier molecular flexibility index (Phi) is 6.47. The molecular formula is C18H19ClF3N3O.